The number of aromatic amines is 1. The predicted molar refractivity (Wildman–Crippen MR) is 126 cm³/mol. The molecular weight excluding hydrogens is 420 g/mol. The highest BCUT2D eigenvalue weighted by molar-refractivity contribution is 6.40. The average molecular weight is 451 g/mol. The van der Waals surface area contributed by atoms with Gasteiger partial charge in [0.05, 0.1) is 29.6 Å². The lowest BCUT2D eigenvalue weighted by Crippen LogP contribution is -2.46. The summed E-state index contributed by atoms with van der Waals surface area (Å²) in [5, 5.41) is 10.3. The summed E-state index contributed by atoms with van der Waals surface area (Å²) in [7, 11) is 4.00. The van der Waals surface area contributed by atoms with E-state index in [1.807, 2.05) is 38.4 Å². The van der Waals surface area contributed by atoms with E-state index in [0.29, 0.717) is 30.3 Å². The molecule has 1 saturated heterocycles. The van der Waals surface area contributed by atoms with E-state index >= 15 is 0 Å². The third-order valence-corrected chi connectivity index (χ3v) is 5.93. The van der Waals surface area contributed by atoms with Crippen molar-refractivity contribution in [2.24, 2.45) is 5.92 Å². The number of piperidine rings is 1. The molecule has 0 unspecified atom stereocenters. The molecule has 4 rings (SSSR count). The van der Waals surface area contributed by atoms with Crippen LogP contribution in [0.1, 0.15) is 31.4 Å². The molecule has 9 nitrogen and oxygen atoms in total. The molecule has 3 heterocycles. The fraction of sp³-hybridized carbons (Fsp3) is 0.417. The van der Waals surface area contributed by atoms with E-state index in [4.69, 9.17) is 4.74 Å². The maximum Gasteiger partial charge on any atom is 0.314 e. The van der Waals surface area contributed by atoms with Crippen LogP contribution in [0.25, 0.3) is 10.9 Å². The summed E-state index contributed by atoms with van der Waals surface area (Å²) < 4.78 is 5.88. The second kappa shape index (κ2) is 9.99. The number of fused-ring (bicyclic) bond motifs is 1. The number of likely N-dealkylation sites (tertiary alicyclic amines) is 1. The van der Waals surface area contributed by atoms with Gasteiger partial charge in [0.25, 0.3) is 0 Å². The van der Waals surface area contributed by atoms with Gasteiger partial charge in [-0.2, -0.15) is 5.10 Å². The van der Waals surface area contributed by atoms with Crippen molar-refractivity contribution in [1.82, 2.24) is 25.0 Å². The number of pyridine rings is 1. The predicted octanol–water partition coefficient (Wildman–Crippen LogP) is 2.84. The van der Waals surface area contributed by atoms with Crippen molar-refractivity contribution < 1.29 is 14.3 Å². The number of carbonyl (C=O) groups excluding carboxylic acids is 2. The van der Waals surface area contributed by atoms with Crippen molar-refractivity contribution in [1.29, 1.82) is 0 Å². The van der Waals surface area contributed by atoms with Gasteiger partial charge in [-0.05, 0) is 50.6 Å². The van der Waals surface area contributed by atoms with Crippen molar-refractivity contribution in [3.05, 3.63) is 48.4 Å². The lowest BCUT2D eigenvalue weighted by Gasteiger charge is -2.38. The summed E-state index contributed by atoms with van der Waals surface area (Å²) in [6, 6.07) is 7.64. The number of hydrogen-bond acceptors (Lipinski definition) is 6. The van der Waals surface area contributed by atoms with Gasteiger partial charge in [0.15, 0.2) is 0 Å². The van der Waals surface area contributed by atoms with Crippen LogP contribution in [-0.4, -0.2) is 70.6 Å². The van der Waals surface area contributed by atoms with Crippen LogP contribution < -0.4 is 10.1 Å². The van der Waals surface area contributed by atoms with Gasteiger partial charge in [-0.15, -0.1) is 0 Å². The van der Waals surface area contributed by atoms with Gasteiger partial charge in [0.2, 0.25) is 0 Å². The highest BCUT2D eigenvalue weighted by atomic mass is 16.5. The highest BCUT2D eigenvalue weighted by Gasteiger charge is 2.34. The van der Waals surface area contributed by atoms with E-state index in [1.54, 1.807) is 17.3 Å². The van der Waals surface area contributed by atoms with E-state index in [-0.39, 0.29) is 6.04 Å². The van der Waals surface area contributed by atoms with Crippen LogP contribution in [0.5, 0.6) is 5.75 Å². The van der Waals surface area contributed by atoms with Crippen LogP contribution in [0.3, 0.4) is 0 Å². The van der Waals surface area contributed by atoms with Crippen LogP contribution in [0.15, 0.2) is 42.9 Å². The van der Waals surface area contributed by atoms with Crippen molar-refractivity contribution >= 4 is 28.4 Å². The molecule has 9 heteroatoms. The summed E-state index contributed by atoms with van der Waals surface area (Å²) >= 11 is 0. The van der Waals surface area contributed by atoms with E-state index < -0.39 is 11.8 Å². The van der Waals surface area contributed by atoms with Crippen LogP contribution in [0, 0.1) is 5.92 Å². The molecule has 2 aromatic heterocycles. The number of amides is 2. The molecule has 0 bridgehead atoms. The van der Waals surface area contributed by atoms with E-state index in [9.17, 15) is 9.59 Å². The van der Waals surface area contributed by atoms with Crippen LogP contribution in [0.4, 0.5) is 5.69 Å². The third kappa shape index (κ3) is 5.31. The van der Waals surface area contributed by atoms with Crippen molar-refractivity contribution in [2.75, 3.05) is 39.1 Å². The normalized spacial score (nSPS) is 18.5. The Hall–Kier alpha value is -3.46. The first-order valence-electron chi connectivity index (χ1n) is 11.2. The van der Waals surface area contributed by atoms with Gasteiger partial charge < -0.3 is 19.9 Å². The first-order chi connectivity index (χ1) is 15.9. The number of anilines is 1. The zero-order chi connectivity index (χ0) is 23.4. The second-order valence-electron chi connectivity index (χ2n) is 8.86. The summed E-state index contributed by atoms with van der Waals surface area (Å²) in [6.45, 7) is 4.02. The molecule has 3 aromatic rings. The summed E-state index contributed by atoms with van der Waals surface area (Å²) in [6.07, 6.45) is 6.55. The van der Waals surface area contributed by atoms with Crippen molar-refractivity contribution in [2.45, 2.75) is 25.8 Å². The van der Waals surface area contributed by atoms with Crippen LogP contribution in [-0.2, 0) is 9.59 Å². The van der Waals surface area contributed by atoms with E-state index in [0.717, 1.165) is 36.1 Å². The number of carbonyl (C=O) groups is 2. The molecule has 1 aromatic carbocycles. The molecule has 33 heavy (non-hydrogen) atoms. The molecule has 2 N–H and O–H groups in total. The quantitative estimate of drug-likeness (QED) is 0.560. The number of rotatable bonds is 6. The standard InChI is InChI=1S/C24H30N6O3/c1-16-7-8-21(17-5-4-6-19(11-17)33-10-9-29(2)3)30(15-16)24(32)23(31)27-20-14-25-12-18-13-26-28-22(18)20/h4-6,11-14,16,21H,7-10,15H2,1-3H3,(H,26,28)(H,27,31)/t16-,21-/m1/s1. The number of likely N-dealkylation sites (N-methyl/N-ethyl adjacent to an activating group) is 1. The Balaban J connectivity index is 1.51. The maximum atomic E-state index is 13.3. The third-order valence-electron chi connectivity index (χ3n) is 5.93. The number of benzene rings is 1. The molecule has 2 amide bonds. The number of hydrogen-bond donors (Lipinski definition) is 2. The number of nitrogens with one attached hydrogen (secondary N) is 2. The van der Waals surface area contributed by atoms with Crippen molar-refractivity contribution in [3.63, 3.8) is 0 Å². The number of aromatic nitrogens is 3. The van der Waals surface area contributed by atoms with Gasteiger partial charge >= 0.3 is 11.8 Å². The lowest BCUT2D eigenvalue weighted by molar-refractivity contribution is -0.146. The van der Waals surface area contributed by atoms with E-state index in [2.05, 4.69) is 32.3 Å². The van der Waals surface area contributed by atoms with Crippen molar-refractivity contribution in [3.8, 4) is 5.75 Å². The molecule has 0 radical (unpaired) electrons. The Morgan fingerprint density at radius 2 is 2.09 bits per heavy atom. The largest absolute Gasteiger partial charge is 0.492 e. The van der Waals surface area contributed by atoms with Gasteiger partial charge in [0.1, 0.15) is 12.4 Å². The fourth-order valence-corrected chi connectivity index (χ4v) is 4.15. The maximum absolute atomic E-state index is 13.3. The minimum absolute atomic E-state index is 0.182. The summed E-state index contributed by atoms with van der Waals surface area (Å²) in [4.78, 5) is 34.1. The summed E-state index contributed by atoms with van der Waals surface area (Å²) in [5.74, 6) is -0.157. The van der Waals surface area contributed by atoms with Crippen LogP contribution >= 0.6 is 0 Å². The molecule has 1 aliphatic heterocycles. The van der Waals surface area contributed by atoms with Gasteiger partial charge in [-0.25, -0.2) is 0 Å². The van der Waals surface area contributed by atoms with Gasteiger partial charge in [-0.3, -0.25) is 19.7 Å². The average Bonchev–Trinajstić information content (AvgIpc) is 3.28. The number of H-pyrrole nitrogens is 1. The highest BCUT2D eigenvalue weighted by Crippen LogP contribution is 2.35. The minimum atomic E-state index is -0.684. The Kier molecular flexibility index (Phi) is 6.88. The first-order valence-corrected chi connectivity index (χ1v) is 11.2. The molecule has 0 saturated carbocycles. The zero-order valence-corrected chi connectivity index (χ0v) is 19.2. The SMILES string of the molecule is C[C@@H]1CC[C@H](c2cccc(OCCN(C)C)c2)N(C(=O)C(=O)Nc2cncc3cn[nH]c23)C1. The molecule has 2 atom stereocenters. The first kappa shape index (κ1) is 22.7. The van der Waals surface area contributed by atoms with Crippen LogP contribution in [0.2, 0.25) is 0 Å². The van der Waals surface area contributed by atoms with E-state index in [1.165, 1.54) is 6.20 Å². The molecule has 0 spiro atoms. The molecule has 1 fully saturated rings. The molecule has 1 aliphatic rings. The Morgan fingerprint density at radius 3 is 2.91 bits per heavy atom. The smallest absolute Gasteiger partial charge is 0.314 e. The minimum Gasteiger partial charge on any atom is -0.492 e. The fourth-order valence-electron chi connectivity index (χ4n) is 4.15. The van der Waals surface area contributed by atoms with Gasteiger partial charge in [0, 0.05) is 24.7 Å². The molecular formula is C24H30N6O3. The Morgan fingerprint density at radius 1 is 1.24 bits per heavy atom. The van der Waals surface area contributed by atoms with Gasteiger partial charge in [-0.1, -0.05) is 19.1 Å². The lowest BCUT2D eigenvalue weighted by atomic mass is 9.89. The Bertz CT molecular complexity index is 1130. The summed E-state index contributed by atoms with van der Waals surface area (Å²) in [5.41, 5.74) is 2.04. The molecule has 174 valence electrons. The monoisotopic (exact) mass is 450 g/mol. The molecule has 0 aliphatic carbocycles. The second-order valence-corrected chi connectivity index (χ2v) is 8.86. The number of nitrogens with zero attached hydrogens (tertiary/aromatic N) is 4. The number of ether oxygens (including phenoxy) is 1. The Labute approximate surface area is 193 Å². The zero-order valence-electron chi connectivity index (χ0n) is 19.2. The topological polar surface area (TPSA) is 103 Å².